The molecule has 1 heterocycles. The van der Waals surface area contributed by atoms with E-state index in [1.807, 2.05) is 6.07 Å². The van der Waals surface area contributed by atoms with Crippen LogP contribution in [0.1, 0.15) is 11.3 Å². The van der Waals surface area contributed by atoms with Crippen molar-refractivity contribution in [3.05, 3.63) is 23.7 Å². The van der Waals surface area contributed by atoms with Gasteiger partial charge in [-0.2, -0.15) is 0 Å². The molecule has 0 bridgehead atoms. The Bertz CT molecular complexity index is 189. The second kappa shape index (κ2) is 4.12. The van der Waals surface area contributed by atoms with E-state index in [1.54, 1.807) is 13.4 Å². The molecule has 0 aliphatic heterocycles. The minimum Gasteiger partial charge on any atom is -0.468 e. The summed E-state index contributed by atoms with van der Waals surface area (Å²) < 4.78 is 10.1. The first kappa shape index (κ1) is 8.26. The lowest BCUT2D eigenvalue weighted by Gasteiger charge is -1.99. The van der Waals surface area contributed by atoms with Crippen LogP contribution in [0.4, 0.5) is 0 Å². The largest absolute Gasteiger partial charge is 0.468 e. The fourth-order valence-electron chi connectivity index (χ4n) is 0.899. The van der Waals surface area contributed by atoms with E-state index in [2.05, 4.69) is 5.43 Å². The summed E-state index contributed by atoms with van der Waals surface area (Å²) in [6, 6.07) is 1.87. The van der Waals surface area contributed by atoms with Crippen molar-refractivity contribution < 1.29 is 9.15 Å². The topological polar surface area (TPSA) is 60.4 Å². The Labute approximate surface area is 65.3 Å². The molecule has 4 heteroatoms. The van der Waals surface area contributed by atoms with Crippen molar-refractivity contribution in [3.63, 3.8) is 0 Å². The van der Waals surface area contributed by atoms with Crippen molar-refractivity contribution in [2.24, 2.45) is 5.84 Å². The van der Waals surface area contributed by atoms with Gasteiger partial charge in [-0.25, -0.2) is 0 Å². The number of ether oxygens (including phenoxy) is 1. The molecule has 0 atom stereocenters. The monoisotopic (exact) mass is 156 g/mol. The predicted octanol–water partition coefficient (Wildman–Crippen LogP) is 0.389. The highest BCUT2D eigenvalue weighted by molar-refractivity contribution is 5.15. The lowest BCUT2D eigenvalue weighted by Crippen LogP contribution is -2.21. The van der Waals surface area contributed by atoms with E-state index >= 15 is 0 Å². The Hall–Kier alpha value is -0.840. The summed E-state index contributed by atoms with van der Waals surface area (Å²) in [5, 5.41) is 0. The molecule has 0 aliphatic rings. The number of hydrogen-bond acceptors (Lipinski definition) is 4. The van der Waals surface area contributed by atoms with Crippen molar-refractivity contribution >= 4 is 0 Å². The van der Waals surface area contributed by atoms with E-state index in [9.17, 15) is 0 Å². The molecule has 3 N–H and O–H groups in total. The van der Waals surface area contributed by atoms with Crippen molar-refractivity contribution in [1.29, 1.82) is 0 Å². The Kier molecular flexibility index (Phi) is 3.10. The molecule has 0 aliphatic carbocycles. The smallest absolute Gasteiger partial charge is 0.124 e. The van der Waals surface area contributed by atoms with Crippen LogP contribution in [0.3, 0.4) is 0 Å². The molecule has 0 spiro atoms. The van der Waals surface area contributed by atoms with E-state index in [0.717, 1.165) is 11.3 Å². The van der Waals surface area contributed by atoms with Crippen LogP contribution in [0.15, 0.2) is 16.7 Å². The van der Waals surface area contributed by atoms with Gasteiger partial charge in [0.1, 0.15) is 5.76 Å². The summed E-state index contributed by atoms with van der Waals surface area (Å²) >= 11 is 0. The highest BCUT2D eigenvalue weighted by Gasteiger charge is 2.03. The zero-order valence-corrected chi connectivity index (χ0v) is 6.46. The lowest BCUT2D eigenvalue weighted by atomic mass is 10.2. The Balaban J connectivity index is 2.62. The maximum Gasteiger partial charge on any atom is 0.124 e. The maximum absolute atomic E-state index is 5.14. The summed E-state index contributed by atoms with van der Waals surface area (Å²) in [5.74, 6) is 5.96. The summed E-state index contributed by atoms with van der Waals surface area (Å²) in [7, 11) is 1.65. The summed E-state index contributed by atoms with van der Waals surface area (Å²) in [6.45, 7) is 1.10. The number of hydrogen-bond donors (Lipinski definition) is 2. The molecule has 0 radical (unpaired) electrons. The summed E-state index contributed by atoms with van der Waals surface area (Å²) in [4.78, 5) is 0. The number of nitrogens with one attached hydrogen (secondary N) is 1. The third-order valence-corrected chi connectivity index (χ3v) is 1.40. The highest BCUT2D eigenvalue weighted by Crippen LogP contribution is 2.10. The van der Waals surface area contributed by atoms with Gasteiger partial charge in [0.15, 0.2) is 0 Å². The van der Waals surface area contributed by atoms with Crippen LogP contribution in [-0.2, 0) is 17.9 Å². The van der Waals surface area contributed by atoms with Crippen molar-refractivity contribution in [3.8, 4) is 0 Å². The van der Waals surface area contributed by atoms with Crippen LogP contribution in [-0.4, -0.2) is 7.11 Å². The summed E-state index contributed by atoms with van der Waals surface area (Å²) in [6.07, 6.45) is 1.63. The van der Waals surface area contributed by atoms with Gasteiger partial charge in [-0.05, 0) is 6.07 Å². The summed E-state index contributed by atoms with van der Waals surface area (Å²) in [5.41, 5.74) is 3.55. The molecule has 1 aromatic rings. The fraction of sp³-hybridized carbons (Fsp3) is 0.429. The van der Waals surface area contributed by atoms with Crippen molar-refractivity contribution in [2.75, 3.05) is 7.11 Å². The molecular formula is C7H12N2O2. The van der Waals surface area contributed by atoms with Gasteiger partial charge in [-0.1, -0.05) is 0 Å². The number of furan rings is 1. The maximum atomic E-state index is 5.14. The first-order valence-electron chi connectivity index (χ1n) is 3.36. The van der Waals surface area contributed by atoms with Gasteiger partial charge in [0.25, 0.3) is 0 Å². The van der Waals surface area contributed by atoms with E-state index in [1.165, 1.54) is 0 Å². The number of rotatable bonds is 4. The molecule has 0 aromatic carbocycles. The number of methoxy groups -OCH3 is 1. The first-order chi connectivity index (χ1) is 5.38. The molecule has 0 fully saturated rings. The third-order valence-electron chi connectivity index (χ3n) is 1.40. The van der Waals surface area contributed by atoms with Crippen LogP contribution in [0.25, 0.3) is 0 Å². The molecule has 62 valence electrons. The second-order valence-electron chi connectivity index (χ2n) is 2.18. The predicted molar refractivity (Wildman–Crippen MR) is 40.4 cm³/mol. The normalized spacial score (nSPS) is 10.4. The molecule has 1 aromatic heterocycles. The quantitative estimate of drug-likeness (QED) is 0.489. The minimum atomic E-state index is 0.533. The lowest BCUT2D eigenvalue weighted by molar-refractivity contribution is 0.182. The van der Waals surface area contributed by atoms with Gasteiger partial charge < -0.3 is 9.15 Å². The zero-order valence-electron chi connectivity index (χ0n) is 6.46. The van der Waals surface area contributed by atoms with E-state index < -0.39 is 0 Å². The molecule has 0 saturated carbocycles. The SMILES string of the molecule is COCc1ccoc1CNN. The fourth-order valence-corrected chi connectivity index (χ4v) is 0.899. The van der Waals surface area contributed by atoms with Crippen LogP contribution in [0.5, 0.6) is 0 Å². The third kappa shape index (κ3) is 2.04. The Morgan fingerprint density at radius 2 is 2.55 bits per heavy atom. The first-order valence-corrected chi connectivity index (χ1v) is 3.36. The van der Waals surface area contributed by atoms with Crippen molar-refractivity contribution in [1.82, 2.24) is 5.43 Å². The Morgan fingerprint density at radius 1 is 1.73 bits per heavy atom. The van der Waals surface area contributed by atoms with Gasteiger partial charge in [0, 0.05) is 12.7 Å². The zero-order chi connectivity index (χ0) is 8.10. The van der Waals surface area contributed by atoms with Gasteiger partial charge in [0.2, 0.25) is 0 Å². The average molecular weight is 156 g/mol. The van der Waals surface area contributed by atoms with Crippen molar-refractivity contribution in [2.45, 2.75) is 13.2 Å². The van der Waals surface area contributed by atoms with E-state index in [-0.39, 0.29) is 0 Å². The van der Waals surface area contributed by atoms with Gasteiger partial charge in [-0.15, -0.1) is 0 Å². The molecule has 0 unspecified atom stereocenters. The number of hydrazine groups is 1. The molecular weight excluding hydrogens is 144 g/mol. The van der Waals surface area contributed by atoms with Gasteiger partial charge >= 0.3 is 0 Å². The minimum absolute atomic E-state index is 0.533. The van der Waals surface area contributed by atoms with Crippen LogP contribution in [0, 0.1) is 0 Å². The van der Waals surface area contributed by atoms with Gasteiger partial charge in [0.05, 0.1) is 19.4 Å². The molecule has 1 rings (SSSR count). The van der Waals surface area contributed by atoms with Crippen LogP contribution in [0.2, 0.25) is 0 Å². The van der Waals surface area contributed by atoms with Gasteiger partial charge in [-0.3, -0.25) is 11.3 Å². The van der Waals surface area contributed by atoms with E-state index in [0.29, 0.717) is 13.2 Å². The standard InChI is InChI=1S/C7H12N2O2/c1-10-5-6-2-3-11-7(6)4-9-8/h2-3,9H,4-5,8H2,1H3. The van der Waals surface area contributed by atoms with Crippen LogP contribution >= 0.6 is 0 Å². The second-order valence-corrected chi connectivity index (χ2v) is 2.18. The molecule has 11 heavy (non-hydrogen) atoms. The number of nitrogens with two attached hydrogens (primary N) is 1. The molecule has 4 nitrogen and oxygen atoms in total. The molecule has 0 amide bonds. The Morgan fingerprint density at radius 3 is 3.18 bits per heavy atom. The highest BCUT2D eigenvalue weighted by atomic mass is 16.5. The average Bonchev–Trinajstić information content (AvgIpc) is 2.39. The van der Waals surface area contributed by atoms with Crippen LogP contribution < -0.4 is 11.3 Å². The van der Waals surface area contributed by atoms with E-state index in [4.69, 9.17) is 15.0 Å². The molecule has 0 saturated heterocycles.